The summed E-state index contributed by atoms with van der Waals surface area (Å²) in [6.45, 7) is 0.585. The molecule has 2 N–H and O–H groups in total. The topological polar surface area (TPSA) is 94.9 Å². The Morgan fingerprint density at radius 1 is 1.09 bits per heavy atom. The Morgan fingerprint density at radius 2 is 1.64 bits per heavy atom. The molecule has 1 atom stereocenters. The maximum atomic E-state index is 12.4. The lowest BCUT2D eigenvalue weighted by Gasteiger charge is -2.39. The number of aliphatic carboxylic acids is 1. The first-order chi connectivity index (χ1) is 10.3. The SMILES string of the molecule is CS(=O)C1(C(=O)O)CCN(C(=O)CC2(O)CCCCC2)CC1. The number of hydrogen-bond donors (Lipinski definition) is 2. The molecule has 1 saturated heterocycles. The monoisotopic (exact) mass is 331 g/mol. The number of likely N-dealkylation sites (tertiary alicyclic amines) is 1. The second kappa shape index (κ2) is 6.66. The minimum absolute atomic E-state index is 0.113. The Labute approximate surface area is 133 Å². The highest BCUT2D eigenvalue weighted by molar-refractivity contribution is 7.86. The Balaban J connectivity index is 1.94. The van der Waals surface area contributed by atoms with Gasteiger partial charge in [0.05, 0.1) is 12.0 Å². The third-order valence-corrected chi connectivity index (χ3v) is 6.81. The van der Waals surface area contributed by atoms with Crippen LogP contribution in [0.3, 0.4) is 0 Å². The van der Waals surface area contributed by atoms with Gasteiger partial charge in [-0.3, -0.25) is 13.8 Å². The number of nitrogens with zero attached hydrogens (tertiary/aromatic N) is 1. The van der Waals surface area contributed by atoms with E-state index in [4.69, 9.17) is 0 Å². The van der Waals surface area contributed by atoms with Gasteiger partial charge in [-0.15, -0.1) is 0 Å². The van der Waals surface area contributed by atoms with E-state index in [0.29, 0.717) is 25.9 Å². The van der Waals surface area contributed by atoms with E-state index in [1.807, 2.05) is 0 Å². The fourth-order valence-corrected chi connectivity index (χ4v) is 4.52. The van der Waals surface area contributed by atoms with Gasteiger partial charge in [-0.1, -0.05) is 19.3 Å². The number of carbonyl (C=O) groups excluding carboxylic acids is 1. The summed E-state index contributed by atoms with van der Waals surface area (Å²) in [7, 11) is -1.47. The zero-order valence-electron chi connectivity index (χ0n) is 13.0. The van der Waals surface area contributed by atoms with Crippen LogP contribution in [0.1, 0.15) is 51.4 Å². The summed E-state index contributed by atoms with van der Waals surface area (Å²) in [5.41, 5.74) is -0.899. The molecule has 22 heavy (non-hydrogen) atoms. The third kappa shape index (κ3) is 3.51. The second-order valence-electron chi connectivity index (χ2n) is 6.60. The molecule has 1 amide bonds. The van der Waals surface area contributed by atoms with Gasteiger partial charge in [0.1, 0.15) is 4.75 Å². The van der Waals surface area contributed by atoms with Crippen LogP contribution in [0.4, 0.5) is 0 Å². The predicted molar refractivity (Wildman–Crippen MR) is 82.9 cm³/mol. The highest BCUT2D eigenvalue weighted by Crippen LogP contribution is 2.33. The van der Waals surface area contributed by atoms with Crippen molar-refractivity contribution in [3.05, 3.63) is 0 Å². The molecule has 1 heterocycles. The van der Waals surface area contributed by atoms with Crippen LogP contribution >= 0.6 is 0 Å². The smallest absolute Gasteiger partial charge is 0.322 e. The molecule has 1 saturated carbocycles. The first-order valence-electron chi connectivity index (χ1n) is 7.86. The van der Waals surface area contributed by atoms with Crippen LogP contribution in [0.25, 0.3) is 0 Å². The molecule has 2 fully saturated rings. The molecule has 0 spiro atoms. The molecule has 0 aromatic carbocycles. The minimum Gasteiger partial charge on any atom is -0.480 e. The summed E-state index contributed by atoms with van der Waals surface area (Å²) in [4.78, 5) is 25.4. The Kier molecular flexibility index (Phi) is 5.27. The summed E-state index contributed by atoms with van der Waals surface area (Å²) in [6, 6.07) is 0. The van der Waals surface area contributed by atoms with Gasteiger partial charge < -0.3 is 15.1 Å². The van der Waals surface area contributed by atoms with Crippen molar-refractivity contribution >= 4 is 22.7 Å². The number of carbonyl (C=O) groups is 2. The van der Waals surface area contributed by atoms with E-state index in [1.165, 1.54) is 6.26 Å². The van der Waals surface area contributed by atoms with Gasteiger partial charge in [-0.05, 0) is 25.7 Å². The summed E-state index contributed by atoms with van der Waals surface area (Å²) in [6.07, 6.45) is 6.24. The van der Waals surface area contributed by atoms with Gasteiger partial charge in [-0.2, -0.15) is 0 Å². The van der Waals surface area contributed by atoms with Crippen molar-refractivity contribution < 1.29 is 24.0 Å². The van der Waals surface area contributed by atoms with Crippen LogP contribution in [0, 0.1) is 0 Å². The van der Waals surface area contributed by atoms with Crippen LogP contribution in [0.2, 0.25) is 0 Å². The maximum absolute atomic E-state index is 12.4. The zero-order valence-corrected chi connectivity index (χ0v) is 13.9. The van der Waals surface area contributed by atoms with E-state index < -0.39 is 27.1 Å². The number of amides is 1. The fraction of sp³-hybridized carbons (Fsp3) is 0.867. The Bertz CT molecular complexity index is 449. The van der Waals surface area contributed by atoms with Crippen molar-refractivity contribution in [2.45, 2.75) is 61.7 Å². The van der Waals surface area contributed by atoms with Gasteiger partial charge in [0.2, 0.25) is 5.91 Å². The normalized spacial score (nSPS) is 25.5. The minimum atomic E-state index is -1.47. The van der Waals surface area contributed by atoms with Gasteiger partial charge in [-0.25, -0.2) is 0 Å². The van der Waals surface area contributed by atoms with Crippen molar-refractivity contribution in [2.24, 2.45) is 0 Å². The molecule has 0 aromatic heterocycles. The highest BCUT2D eigenvalue weighted by Gasteiger charge is 2.46. The molecular weight excluding hydrogens is 306 g/mol. The fourth-order valence-electron chi connectivity index (χ4n) is 3.52. The lowest BCUT2D eigenvalue weighted by atomic mass is 9.82. The molecular formula is C15H25NO5S. The van der Waals surface area contributed by atoms with E-state index in [1.54, 1.807) is 4.90 Å². The summed E-state index contributed by atoms with van der Waals surface area (Å²) < 4.78 is 10.6. The van der Waals surface area contributed by atoms with Gasteiger partial charge >= 0.3 is 5.97 Å². The lowest BCUT2D eigenvalue weighted by Crippen LogP contribution is -2.54. The van der Waals surface area contributed by atoms with Crippen molar-refractivity contribution in [1.82, 2.24) is 4.90 Å². The first kappa shape index (κ1) is 17.4. The van der Waals surface area contributed by atoms with Crippen LogP contribution in [-0.4, -0.2) is 60.9 Å². The molecule has 1 aliphatic heterocycles. The van der Waals surface area contributed by atoms with E-state index in [-0.39, 0.29) is 25.2 Å². The van der Waals surface area contributed by atoms with Crippen LogP contribution in [0.5, 0.6) is 0 Å². The largest absolute Gasteiger partial charge is 0.480 e. The molecule has 0 radical (unpaired) electrons. The second-order valence-corrected chi connectivity index (χ2v) is 8.29. The molecule has 0 bridgehead atoms. The highest BCUT2D eigenvalue weighted by atomic mass is 32.2. The molecule has 1 unspecified atom stereocenters. The van der Waals surface area contributed by atoms with E-state index >= 15 is 0 Å². The zero-order chi connectivity index (χ0) is 16.4. The maximum Gasteiger partial charge on any atom is 0.322 e. The van der Waals surface area contributed by atoms with Gasteiger partial charge in [0.15, 0.2) is 0 Å². The standard InChI is InChI=1S/C15H25NO5S/c1-22(21)15(13(18)19)7-9-16(10-8-15)12(17)11-14(20)5-3-2-4-6-14/h20H,2-11H2,1H3,(H,18,19). The van der Waals surface area contributed by atoms with E-state index in [9.17, 15) is 24.0 Å². The van der Waals surface area contributed by atoms with E-state index in [0.717, 1.165) is 19.3 Å². The van der Waals surface area contributed by atoms with Crippen molar-refractivity contribution in [3.8, 4) is 0 Å². The molecule has 7 heteroatoms. The molecule has 2 aliphatic rings. The number of carboxylic acids is 1. The Morgan fingerprint density at radius 3 is 2.09 bits per heavy atom. The average molecular weight is 331 g/mol. The first-order valence-corrected chi connectivity index (χ1v) is 9.42. The van der Waals surface area contributed by atoms with Crippen LogP contribution in [0.15, 0.2) is 0 Å². The summed E-state index contributed by atoms with van der Waals surface area (Å²) in [5, 5.41) is 19.8. The van der Waals surface area contributed by atoms with E-state index in [2.05, 4.69) is 0 Å². The third-order valence-electron chi connectivity index (χ3n) is 5.13. The van der Waals surface area contributed by atoms with Crippen molar-refractivity contribution in [1.29, 1.82) is 0 Å². The van der Waals surface area contributed by atoms with Gasteiger partial charge in [0, 0.05) is 30.1 Å². The number of rotatable bonds is 4. The summed E-state index contributed by atoms with van der Waals surface area (Å²) in [5.74, 6) is -1.17. The molecule has 2 rings (SSSR count). The molecule has 0 aromatic rings. The van der Waals surface area contributed by atoms with Crippen molar-refractivity contribution in [3.63, 3.8) is 0 Å². The number of piperidine rings is 1. The average Bonchev–Trinajstić information content (AvgIpc) is 2.47. The predicted octanol–water partition coefficient (Wildman–Crippen LogP) is 0.896. The Hall–Kier alpha value is -0.950. The quantitative estimate of drug-likeness (QED) is 0.798. The summed E-state index contributed by atoms with van der Waals surface area (Å²) >= 11 is 0. The molecule has 126 valence electrons. The number of hydrogen-bond acceptors (Lipinski definition) is 4. The lowest BCUT2D eigenvalue weighted by molar-refractivity contribution is -0.145. The van der Waals surface area contributed by atoms with Gasteiger partial charge in [0.25, 0.3) is 0 Å². The molecule has 6 nitrogen and oxygen atoms in total. The number of aliphatic hydroxyl groups is 1. The van der Waals surface area contributed by atoms with Crippen LogP contribution < -0.4 is 0 Å². The van der Waals surface area contributed by atoms with Crippen molar-refractivity contribution in [2.75, 3.05) is 19.3 Å². The van der Waals surface area contributed by atoms with Crippen LogP contribution in [-0.2, 0) is 20.4 Å². The number of carboxylic acid groups (broad SMARTS) is 1. The molecule has 1 aliphatic carbocycles.